The molecular formula is C26H34N2O5. The van der Waals surface area contributed by atoms with Gasteiger partial charge in [0.2, 0.25) is 0 Å². The molecule has 0 aromatic heterocycles. The van der Waals surface area contributed by atoms with E-state index in [-0.39, 0.29) is 12.0 Å². The first-order chi connectivity index (χ1) is 15.9. The molecule has 0 bridgehead atoms. The van der Waals surface area contributed by atoms with Crippen molar-refractivity contribution in [1.82, 2.24) is 9.80 Å². The average Bonchev–Trinajstić information content (AvgIpc) is 2.83. The van der Waals surface area contributed by atoms with E-state index < -0.39 is 0 Å². The van der Waals surface area contributed by atoms with E-state index in [2.05, 4.69) is 19.9 Å². The molecule has 2 aromatic carbocycles. The van der Waals surface area contributed by atoms with Gasteiger partial charge >= 0.3 is 6.09 Å². The van der Waals surface area contributed by atoms with Crippen molar-refractivity contribution in [2.45, 2.75) is 40.2 Å². The third-order valence-corrected chi connectivity index (χ3v) is 5.62. The molecule has 0 radical (unpaired) electrons. The predicted octanol–water partition coefficient (Wildman–Crippen LogP) is 4.70. The maximum Gasteiger partial charge on any atom is 0.409 e. The van der Waals surface area contributed by atoms with Crippen LogP contribution in [-0.4, -0.2) is 61.2 Å². The van der Waals surface area contributed by atoms with Gasteiger partial charge in [0, 0.05) is 37.3 Å². The molecule has 33 heavy (non-hydrogen) atoms. The second kappa shape index (κ2) is 11.6. The first-order valence-electron chi connectivity index (χ1n) is 11.6. The minimum Gasteiger partial charge on any atom is -0.493 e. The molecule has 0 saturated carbocycles. The lowest BCUT2D eigenvalue weighted by atomic mass is 10.0. The van der Waals surface area contributed by atoms with Crippen LogP contribution in [0.5, 0.6) is 11.5 Å². The molecule has 3 rings (SSSR count). The Morgan fingerprint density at radius 1 is 0.879 bits per heavy atom. The molecule has 1 fully saturated rings. The summed E-state index contributed by atoms with van der Waals surface area (Å²) in [5.41, 5.74) is 2.55. The van der Waals surface area contributed by atoms with Crippen molar-refractivity contribution in [2.24, 2.45) is 0 Å². The largest absolute Gasteiger partial charge is 0.493 e. The Bertz CT molecular complexity index is 951. The highest BCUT2D eigenvalue weighted by Crippen LogP contribution is 2.29. The number of nitrogens with zero attached hydrogens (tertiary/aromatic N) is 2. The van der Waals surface area contributed by atoms with E-state index in [4.69, 9.17) is 14.2 Å². The van der Waals surface area contributed by atoms with E-state index in [1.165, 1.54) is 0 Å². The molecule has 2 aromatic rings. The predicted molar refractivity (Wildman–Crippen MR) is 127 cm³/mol. The van der Waals surface area contributed by atoms with Crippen molar-refractivity contribution in [1.29, 1.82) is 0 Å². The lowest BCUT2D eigenvalue weighted by Crippen LogP contribution is -2.50. The van der Waals surface area contributed by atoms with Crippen LogP contribution in [0.25, 0.3) is 0 Å². The fourth-order valence-electron chi connectivity index (χ4n) is 3.86. The van der Waals surface area contributed by atoms with E-state index in [0.29, 0.717) is 63.2 Å². The van der Waals surface area contributed by atoms with Crippen molar-refractivity contribution in [3.63, 3.8) is 0 Å². The third kappa shape index (κ3) is 6.18. The van der Waals surface area contributed by atoms with Crippen LogP contribution in [0.2, 0.25) is 0 Å². The maximum atomic E-state index is 13.2. The number of ether oxygens (including phenoxy) is 3. The van der Waals surface area contributed by atoms with E-state index in [1.807, 2.05) is 37.3 Å². The number of benzene rings is 2. The summed E-state index contributed by atoms with van der Waals surface area (Å²) in [6.45, 7) is 11.0. The summed E-state index contributed by atoms with van der Waals surface area (Å²) in [5, 5.41) is 0. The molecule has 1 heterocycles. The molecule has 0 aliphatic carbocycles. The lowest BCUT2D eigenvalue weighted by molar-refractivity contribution is 0.0570. The minimum atomic E-state index is -0.327. The zero-order chi connectivity index (χ0) is 23.8. The number of carbonyl (C=O) groups is 2. The van der Waals surface area contributed by atoms with Gasteiger partial charge in [-0.25, -0.2) is 4.79 Å². The van der Waals surface area contributed by atoms with Crippen LogP contribution in [0.3, 0.4) is 0 Å². The van der Waals surface area contributed by atoms with Gasteiger partial charge in [-0.2, -0.15) is 0 Å². The Balaban J connectivity index is 1.72. The van der Waals surface area contributed by atoms with Gasteiger partial charge in [0.05, 0.1) is 13.2 Å². The van der Waals surface area contributed by atoms with Crippen molar-refractivity contribution >= 4 is 12.0 Å². The fourth-order valence-corrected chi connectivity index (χ4v) is 3.86. The normalized spacial score (nSPS) is 13.7. The second-order valence-corrected chi connectivity index (χ2v) is 8.21. The summed E-state index contributed by atoms with van der Waals surface area (Å²) in [5.74, 6) is 1.82. The smallest absolute Gasteiger partial charge is 0.409 e. The molecule has 1 aliphatic rings. The number of para-hydroxylation sites is 1. The minimum absolute atomic E-state index is 0.0645. The monoisotopic (exact) mass is 454 g/mol. The van der Waals surface area contributed by atoms with E-state index in [9.17, 15) is 9.59 Å². The molecule has 2 amide bonds. The molecule has 178 valence electrons. The Hall–Kier alpha value is -3.22. The lowest BCUT2D eigenvalue weighted by Gasteiger charge is -2.34. The Morgan fingerprint density at radius 3 is 2.24 bits per heavy atom. The molecule has 7 nitrogen and oxygen atoms in total. The van der Waals surface area contributed by atoms with Gasteiger partial charge < -0.3 is 24.0 Å². The topological polar surface area (TPSA) is 68.3 Å². The first kappa shape index (κ1) is 24.4. The van der Waals surface area contributed by atoms with Crippen molar-refractivity contribution in [2.75, 3.05) is 39.4 Å². The maximum absolute atomic E-state index is 13.2. The molecule has 7 heteroatoms. The summed E-state index contributed by atoms with van der Waals surface area (Å²) < 4.78 is 17.0. The van der Waals surface area contributed by atoms with Gasteiger partial charge in [0.25, 0.3) is 5.91 Å². The first-order valence-corrected chi connectivity index (χ1v) is 11.6. The number of amides is 2. The summed E-state index contributed by atoms with van der Waals surface area (Å²) in [4.78, 5) is 28.5. The van der Waals surface area contributed by atoms with Gasteiger partial charge in [-0.05, 0) is 49.6 Å². The van der Waals surface area contributed by atoms with Gasteiger partial charge in [-0.15, -0.1) is 0 Å². The van der Waals surface area contributed by atoms with Crippen LogP contribution in [0.1, 0.15) is 55.1 Å². The van der Waals surface area contributed by atoms with E-state index in [1.54, 1.807) is 22.8 Å². The molecule has 0 unspecified atom stereocenters. The van der Waals surface area contributed by atoms with Crippen molar-refractivity contribution in [3.8, 4) is 11.5 Å². The molecule has 1 saturated heterocycles. The molecule has 0 N–H and O–H groups in total. The zero-order valence-corrected chi connectivity index (χ0v) is 20.0. The number of rotatable bonds is 8. The Morgan fingerprint density at radius 2 is 1.58 bits per heavy atom. The van der Waals surface area contributed by atoms with Gasteiger partial charge in [-0.1, -0.05) is 32.0 Å². The second-order valence-electron chi connectivity index (χ2n) is 8.21. The molecular weight excluding hydrogens is 420 g/mol. The van der Waals surface area contributed by atoms with E-state index >= 15 is 0 Å². The highest BCUT2D eigenvalue weighted by Gasteiger charge is 2.26. The molecule has 0 spiro atoms. The quantitative estimate of drug-likeness (QED) is 0.578. The Labute approximate surface area is 196 Å². The SMILES string of the molecule is CCOC(=O)N1CCN(C(=O)c2ccc(OCC)c(COc3ccccc3C(C)C)c2)CC1. The van der Waals surface area contributed by atoms with Crippen LogP contribution in [0, 0.1) is 0 Å². The van der Waals surface area contributed by atoms with Crippen LogP contribution in [-0.2, 0) is 11.3 Å². The van der Waals surface area contributed by atoms with Gasteiger partial charge in [-0.3, -0.25) is 4.79 Å². The summed E-state index contributed by atoms with van der Waals surface area (Å²) >= 11 is 0. The van der Waals surface area contributed by atoms with Crippen molar-refractivity contribution in [3.05, 3.63) is 59.2 Å². The molecule has 1 aliphatic heterocycles. The van der Waals surface area contributed by atoms with Gasteiger partial charge in [0.15, 0.2) is 0 Å². The highest BCUT2D eigenvalue weighted by molar-refractivity contribution is 5.94. The number of hydrogen-bond acceptors (Lipinski definition) is 5. The third-order valence-electron chi connectivity index (χ3n) is 5.62. The van der Waals surface area contributed by atoms with Crippen molar-refractivity contribution < 1.29 is 23.8 Å². The van der Waals surface area contributed by atoms with Crippen LogP contribution in [0.15, 0.2) is 42.5 Å². The number of hydrogen-bond donors (Lipinski definition) is 0. The summed E-state index contributed by atoms with van der Waals surface area (Å²) in [7, 11) is 0. The van der Waals surface area contributed by atoms with Crippen LogP contribution in [0.4, 0.5) is 4.79 Å². The molecule has 0 atom stereocenters. The standard InChI is InChI=1S/C26H34N2O5/c1-5-31-23-12-11-20(25(29)27-13-15-28(16-14-27)26(30)32-6-2)17-21(23)18-33-24-10-8-7-9-22(24)19(3)4/h7-12,17,19H,5-6,13-16,18H2,1-4H3. The fraction of sp³-hybridized carbons (Fsp3) is 0.462. The zero-order valence-electron chi connectivity index (χ0n) is 20.0. The average molecular weight is 455 g/mol. The van der Waals surface area contributed by atoms with Crippen LogP contribution >= 0.6 is 0 Å². The van der Waals surface area contributed by atoms with E-state index in [0.717, 1.165) is 16.9 Å². The highest BCUT2D eigenvalue weighted by atomic mass is 16.6. The number of carbonyl (C=O) groups excluding carboxylic acids is 2. The van der Waals surface area contributed by atoms with Crippen LogP contribution < -0.4 is 9.47 Å². The van der Waals surface area contributed by atoms with Gasteiger partial charge in [0.1, 0.15) is 18.1 Å². The Kier molecular flexibility index (Phi) is 8.58. The number of piperazine rings is 1. The summed E-state index contributed by atoms with van der Waals surface area (Å²) in [6, 6.07) is 13.5. The summed E-state index contributed by atoms with van der Waals surface area (Å²) in [6.07, 6.45) is -0.327.